The Balaban J connectivity index is 1.97. The maximum atomic E-state index is 13.0. The molecule has 3 nitrogen and oxygen atoms in total. The number of rotatable bonds is 3. The third-order valence-electron chi connectivity index (χ3n) is 2.59. The van der Waals surface area contributed by atoms with E-state index < -0.39 is 5.82 Å². The van der Waals surface area contributed by atoms with Crippen molar-refractivity contribution in [2.75, 3.05) is 6.54 Å². The fourth-order valence-corrected chi connectivity index (χ4v) is 2.54. The van der Waals surface area contributed by atoms with Gasteiger partial charge in [-0.15, -0.1) is 11.3 Å². The van der Waals surface area contributed by atoms with Crippen molar-refractivity contribution in [1.29, 1.82) is 0 Å². The third kappa shape index (κ3) is 4.30. The molecular formula is C15H12ClFN2OS. The van der Waals surface area contributed by atoms with E-state index in [0.29, 0.717) is 18.7 Å². The molecule has 21 heavy (non-hydrogen) atoms. The highest BCUT2D eigenvalue weighted by Gasteiger charge is 2.09. The van der Waals surface area contributed by atoms with Gasteiger partial charge in [0.05, 0.1) is 18.1 Å². The Labute approximate surface area is 130 Å². The second-order valence-corrected chi connectivity index (χ2v) is 5.52. The van der Waals surface area contributed by atoms with E-state index in [1.165, 1.54) is 29.5 Å². The summed E-state index contributed by atoms with van der Waals surface area (Å²) in [6, 6.07) is 5.76. The number of carbonyl (C=O) groups excluding carboxylic acids is 1. The van der Waals surface area contributed by atoms with Gasteiger partial charge in [0.2, 0.25) is 0 Å². The standard InChI is InChI=1S/C15H12ClFN2OS/c16-13-7-11(3-4-14(13)17)15(20)19-8-12-6-10(9-21-12)2-1-5-18/h3-4,6-7,9H,5,8,18H2,(H,19,20). The van der Waals surface area contributed by atoms with Gasteiger partial charge in [0, 0.05) is 21.4 Å². The SMILES string of the molecule is NCC#Cc1csc(CNC(=O)c2ccc(F)c(Cl)c2)c1. The van der Waals surface area contributed by atoms with Gasteiger partial charge in [0.1, 0.15) is 5.82 Å². The van der Waals surface area contributed by atoms with Crippen molar-refractivity contribution in [3.63, 3.8) is 0 Å². The minimum Gasteiger partial charge on any atom is -0.347 e. The number of nitrogens with one attached hydrogen (secondary N) is 1. The van der Waals surface area contributed by atoms with Crippen LogP contribution in [0.5, 0.6) is 0 Å². The lowest BCUT2D eigenvalue weighted by Crippen LogP contribution is -2.22. The number of hydrogen-bond donors (Lipinski definition) is 2. The first-order valence-corrected chi connectivity index (χ1v) is 7.35. The lowest BCUT2D eigenvalue weighted by atomic mass is 10.2. The second kappa shape index (κ2) is 7.23. The number of thiophene rings is 1. The summed E-state index contributed by atoms with van der Waals surface area (Å²) in [7, 11) is 0. The topological polar surface area (TPSA) is 55.1 Å². The van der Waals surface area contributed by atoms with E-state index in [-0.39, 0.29) is 10.9 Å². The Hall–Kier alpha value is -1.87. The zero-order chi connectivity index (χ0) is 15.2. The molecule has 0 saturated heterocycles. The molecule has 0 bridgehead atoms. The molecule has 1 aromatic heterocycles. The fraction of sp³-hybridized carbons (Fsp3) is 0.133. The fourth-order valence-electron chi connectivity index (χ4n) is 1.60. The molecule has 0 unspecified atom stereocenters. The van der Waals surface area contributed by atoms with Crippen molar-refractivity contribution in [3.05, 3.63) is 56.5 Å². The minimum atomic E-state index is -0.547. The summed E-state index contributed by atoms with van der Waals surface area (Å²) in [6.07, 6.45) is 0. The summed E-state index contributed by atoms with van der Waals surface area (Å²) >= 11 is 7.15. The van der Waals surface area contributed by atoms with Crippen LogP contribution in [0.4, 0.5) is 4.39 Å². The molecule has 2 aromatic rings. The maximum Gasteiger partial charge on any atom is 0.251 e. The lowest BCUT2D eigenvalue weighted by Gasteiger charge is -2.04. The molecule has 0 aliphatic heterocycles. The van der Waals surface area contributed by atoms with E-state index in [1.54, 1.807) is 0 Å². The van der Waals surface area contributed by atoms with Gasteiger partial charge in [-0.3, -0.25) is 4.79 Å². The van der Waals surface area contributed by atoms with Gasteiger partial charge in [-0.1, -0.05) is 23.4 Å². The zero-order valence-electron chi connectivity index (χ0n) is 11.0. The first kappa shape index (κ1) is 15.5. The lowest BCUT2D eigenvalue weighted by molar-refractivity contribution is 0.0951. The molecule has 0 aliphatic rings. The molecule has 108 valence electrons. The summed E-state index contributed by atoms with van der Waals surface area (Å²) < 4.78 is 13.0. The van der Waals surface area contributed by atoms with Crippen molar-refractivity contribution in [3.8, 4) is 11.8 Å². The Kier molecular flexibility index (Phi) is 5.34. The molecule has 1 aromatic carbocycles. The van der Waals surface area contributed by atoms with Gasteiger partial charge in [-0.05, 0) is 24.3 Å². The summed E-state index contributed by atoms with van der Waals surface area (Å²) in [4.78, 5) is 12.9. The van der Waals surface area contributed by atoms with Crippen LogP contribution in [0.1, 0.15) is 20.8 Å². The normalized spacial score (nSPS) is 9.86. The number of hydrogen-bond acceptors (Lipinski definition) is 3. The van der Waals surface area contributed by atoms with E-state index in [2.05, 4.69) is 17.2 Å². The Bertz CT molecular complexity index is 718. The van der Waals surface area contributed by atoms with Crippen LogP contribution in [-0.4, -0.2) is 12.5 Å². The molecule has 6 heteroatoms. The van der Waals surface area contributed by atoms with Gasteiger partial charge in [0.15, 0.2) is 0 Å². The number of nitrogens with two attached hydrogens (primary N) is 1. The second-order valence-electron chi connectivity index (χ2n) is 4.12. The number of amides is 1. The molecule has 3 N–H and O–H groups in total. The van der Waals surface area contributed by atoms with Crippen LogP contribution in [0.25, 0.3) is 0 Å². The molecule has 0 atom stereocenters. The predicted octanol–water partition coefficient (Wildman–Crippen LogP) is 2.78. The van der Waals surface area contributed by atoms with Crippen LogP contribution in [0.3, 0.4) is 0 Å². The molecule has 1 amide bonds. The number of benzene rings is 1. The summed E-state index contributed by atoms with van der Waals surface area (Å²) in [6.45, 7) is 0.691. The van der Waals surface area contributed by atoms with Crippen LogP contribution in [0.2, 0.25) is 5.02 Å². The maximum absolute atomic E-state index is 13.0. The van der Waals surface area contributed by atoms with Gasteiger partial charge >= 0.3 is 0 Å². The largest absolute Gasteiger partial charge is 0.347 e. The van der Waals surface area contributed by atoms with Gasteiger partial charge in [-0.25, -0.2) is 4.39 Å². The summed E-state index contributed by atoms with van der Waals surface area (Å²) in [5, 5.41) is 4.58. The first-order chi connectivity index (χ1) is 10.1. The molecule has 0 aliphatic carbocycles. The minimum absolute atomic E-state index is 0.0712. The monoisotopic (exact) mass is 322 g/mol. The molecule has 1 heterocycles. The molecule has 2 rings (SSSR count). The first-order valence-electron chi connectivity index (χ1n) is 6.09. The number of halogens is 2. The van der Waals surface area contributed by atoms with E-state index in [1.807, 2.05) is 11.4 Å². The van der Waals surface area contributed by atoms with E-state index in [4.69, 9.17) is 17.3 Å². The van der Waals surface area contributed by atoms with Crippen LogP contribution in [-0.2, 0) is 6.54 Å². The summed E-state index contributed by atoms with van der Waals surface area (Å²) in [5.41, 5.74) is 6.50. The van der Waals surface area contributed by atoms with Crippen LogP contribution in [0, 0.1) is 17.7 Å². The van der Waals surface area contributed by atoms with Gasteiger partial charge in [-0.2, -0.15) is 0 Å². The van der Waals surface area contributed by atoms with Crippen molar-refractivity contribution < 1.29 is 9.18 Å². The van der Waals surface area contributed by atoms with E-state index in [9.17, 15) is 9.18 Å². The van der Waals surface area contributed by atoms with Crippen LogP contribution >= 0.6 is 22.9 Å². The average molecular weight is 323 g/mol. The third-order valence-corrected chi connectivity index (χ3v) is 3.82. The summed E-state index contributed by atoms with van der Waals surface area (Å²) in [5.74, 6) is 4.84. The van der Waals surface area contributed by atoms with Crippen molar-refractivity contribution in [2.45, 2.75) is 6.54 Å². The van der Waals surface area contributed by atoms with E-state index in [0.717, 1.165) is 10.4 Å². The Morgan fingerprint density at radius 3 is 2.95 bits per heavy atom. The predicted molar refractivity (Wildman–Crippen MR) is 82.8 cm³/mol. The average Bonchev–Trinajstić information content (AvgIpc) is 2.93. The van der Waals surface area contributed by atoms with Gasteiger partial charge in [0.25, 0.3) is 5.91 Å². The number of carbonyl (C=O) groups is 1. The molecule has 0 spiro atoms. The quantitative estimate of drug-likeness (QED) is 0.854. The molecule has 0 fully saturated rings. The molecule has 0 radical (unpaired) electrons. The van der Waals surface area contributed by atoms with Crippen molar-refractivity contribution in [2.24, 2.45) is 5.73 Å². The van der Waals surface area contributed by atoms with Gasteiger partial charge < -0.3 is 11.1 Å². The Morgan fingerprint density at radius 1 is 1.43 bits per heavy atom. The Morgan fingerprint density at radius 2 is 2.24 bits per heavy atom. The van der Waals surface area contributed by atoms with Crippen LogP contribution in [0.15, 0.2) is 29.6 Å². The molecule has 0 saturated carbocycles. The van der Waals surface area contributed by atoms with E-state index >= 15 is 0 Å². The van der Waals surface area contributed by atoms with Crippen molar-refractivity contribution in [1.82, 2.24) is 5.32 Å². The smallest absolute Gasteiger partial charge is 0.251 e. The highest BCUT2D eigenvalue weighted by Crippen LogP contribution is 2.17. The van der Waals surface area contributed by atoms with Crippen molar-refractivity contribution >= 4 is 28.8 Å². The highest BCUT2D eigenvalue weighted by atomic mass is 35.5. The highest BCUT2D eigenvalue weighted by molar-refractivity contribution is 7.10. The zero-order valence-corrected chi connectivity index (χ0v) is 12.5. The molecular weight excluding hydrogens is 311 g/mol. The van der Waals surface area contributed by atoms with Crippen LogP contribution < -0.4 is 11.1 Å².